The number of urea groups is 1. The summed E-state index contributed by atoms with van der Waals surface area (Å²) in [4.78, 5) is 33.4. The lowest BCUT2D eigenvalue weighted by Crippen LogP contribution is -2.56. The first kappa shape index (κ1) is 18.3. The molecule has 7 heteroatoms. The molecule has 7 nitrogen and oxygen atoms in total. The maximum Gasteiger partial charge on any atom is 0.320 e. The number of anilines is 1. The molecular formula is C20H28N4O3. The van der Waals surface area contributed by atoms with Crippen molar-refractivity contribution in [2.45, 2.75) is 19.4 Å². The zero-order chi connectivity index (χ0) is 18.8. The smallest absolute Gasteiger partial charge is 0.320 e. The van der Waals surface area contributed by atoms with E-state index in [4.69, 9.17) is 4.74 Å². The van der Waals surface area contributed by atoms with Crippen LogP contribution in [0.15, 0.2) is 24.3 Å². The van der Waals surface area contributed by atoms with Gasteiger partial charge in [0.1, 0.15) is 0 Å². The first-order chi connectivity index (χ1) is 13.1. The Balaban J connectivity index is 1.30. The summed E-state index contributed by atoms with van der Waals surface area (Å²) in [6.45, 7) is 7.94. The summed E-state index contributed by atoms with van der Waals surface area (Å²) in [7, 11) is 0. The summed E-state index contributed by atoms with van der Waals surface area (Å²) < 4.78 is 5.32. The van der Waals surface area contributed by atoms with Crippen LogP contribution >= 0.6 is 0 Å². The molecule has 0 unspecified atom stereocenters. The Hall–Kier alpha value is -2.12. The van der Waals surface area contributed by atoms with E-state index < -0.39 is 0 Å². The molecule has 27 heavy (non-hydrogen) atoms. The predicted octanol–water partition coefficient (Wildman–Crippen LogP) is 1.03. The molecule has 146 valence electrons. The summed E-state index contributed by atoms with van der Waals surface area (Å²) in [5.74, 6) is 0.153. The molecule has 1 aromatic carbocycles. The molecule has 2 saturated heterocycles. The number of rotatable bonds is 2. The molecule has 0 spiro atoms. The molecule has 3 aliphatic rings. The van der Waals surface area contributed by atoms with E-state index in [2.05, 4.69) is 17.9 Å². The van der Waals surface area contributed by atoms with Gasteiger partial charge in [-0.1, -0.05) is 18.2 Å². The Morgan fingerprint density at radius 2 is 1.67 bits per heavy atom. The molecule has 4 rings (SSSR count). The van der Waals surface area contributed by atoms with E-state index >= 15 is 0 Å². The number of ether oxygens (including phenoxy) is 1. The third kappa shape index (κ3) is 3.80. The number of hydrogen-bond acceptors (Lipinski definition) is 4. The summed E-state index contributed by atoms with van der Waals surface area (Å²) >= 11 is 0. The molecule has 0 bridgehead atoms. The van der Waals surface area contributed by atoms with Gasteiger partial charge in [0, 0.05) is 51.0 Å². The van der Waals surface area contributed by atoms with Crippen LogP contribution in [0.1, 0.15) is 12.5 Å². The summed E-state index contributed by atoms with van der Waals surface area (Å²) in [5, 5.41) is 0. The minimum Gasteiger partial charge on any atom is -0.378 e. The van der Waals surface area contributed by atoms with Gasteiger partial charge in [0.2, 0.25) is 5.91 Å². The molecule has 3 heterocycles. The Kier molecular flexibility index (Phi) is 5.31. The number of benzene rings is 1. The molecule has 3 aliphatic heterocycles. The third-order valence-corrected chi connectivity index (χ3v) is 5.76. The highest BCUT2D eigenvalue weighted by Gasteiger charge is 2.32. The van der Waals surface area contributed by atoms with Crippen molar-refractivity contribution in [1.29, 1.82) is 0 Å². The summed E-state index contributed by atoms with van der Waals surface area (Å²) in [5.41, 5.74) is 2.30. The van der Waals surface area contributed by atoms with Crippen molar-refractivity contribution in [3.8, 4) is 0 Å². The number of carbonyl (C=O) groups is 2. The highest BCUT2D eigenvalue weighted by molar-refractivity contribution is 5.97. The highest BCUT2D eigenvalue weighted by Crippen LogP contribution is 2.31. The van der Waals surface area contributed by atoms with Gasteiger partial charge in [0.05, 0.1) is 19.8 Å². The number of morpholine rings is 1. The molecule has 0 saturated carbocycles. The number of amides is 3. The fourth-order valence-electron chi connectivity index (χ4n) is 4.26. The van der Waals surface area contributed by atoms with Gasteiger partial charge in [-0.25, -0.2) is 4.79 Å². The molecular weight excluding hydrogens is 344 g/mol. The van der Waals surface area contributed by atoms with Crippen molar-refractivity contribution in [2.24, 2.45) is 0 Å². The van der Waals surface area contributed by atoms with Gasteiger partial charge in [0.25, 0.3) is 0 Å². The molecule has 0 radical (unpaired) electrons. The fraction of sp³-hybridized carbons (Fsp3) is 0.600. The van der Waals surface area contributed by atoms with Gasteiger partial charge < -0.3 is 19.4 Å². The lowest BCUT2D eigenvalue weighted by atomic mass is 10.1. The SMILES string of the molecule is C[C@H]1Cc2ccccc2N1C(=O)CN1CCN(C(=O)N2CCOCC2)CC1. The first-order valence-corrected chi connectivity index (χ1v) is 9.87. The van der Waals surface area contributed by atoms with E-state index in [-0.39, 0.29) is 18.0 Å². The lowest BCUT2D eigenvalue weighted by molar-refractivity contribution is -0.120. The van der Waals surface area contributed by atoms with Crippen molar-refractivity contribution >= 4 is 17.6 Å². The second kappa shape index (κ2) is 7.86. The van der Waals surface area contributed by atoms with E-state index in [1.54, 1.807) is 0 Å². The average molecular weight is 372 g/mol. The topological polar surface area (TPSA) is 56.3 Å². The quantitative estimate of drug-likeness (QED) is 0.778. The van der Waals surface area contributed by atoms with Crippen LogP contribution in [0.2, 0.25) is 0 Å². The van der Waals surface area contributed by atoms with E-state index in [1.165, 1.54) is 5.56 Å². The van der Waals surface area contributed by atoms with Gasteiger partial charge >= 0.3 is 6.03 Å². The Morgan fingerprint density at radius 3 is 2.41 bits per heavy atom. The predicted molar refractivity (Wildman–Crippen MR) is 103 cm³/mol. The summed E-state index contributed by atoms with van der Waals surface area (Å²) in [6.07, 6.45) is 0.920. The molecule has 1 aromatic rings. The zero-order valence-electron chi connectivity index (χ0n) is 16.0. The minimum atomic E-state index is 0.103. The number of piperazine rings is 1. The fourth-order valence-corrected chi connectivity index (χ4v) is 4.26. The van der Waals surface area contributed by atoms with Crippen LogP contribution in [0.4, 0.5) is 10.5 Å². The molecule has 1 atom stereocenters. The normalized spacial score (nSPS) is 23.4. The minimum absolute atomic E-state index is 0.103. The second-order valence-corrected chi connectivity index (χ2v) is 7.59. The van der Waals surface area contributed by atoms with E-state index in [0.29, 0.717) is 45.9 Å². The lowest BCUT2D eigenvalue weighted by Gasteiger charge is -2.38. The highest BCUT2D eigenvalue weighted by atomic mass is 16.5. The molecule has 0 N–H and O–H groups in total. The van der Waals surface area contributed by atoms with Gasteiger partial charge in [-0.15, -0.1) is 0 Å². The van der Waals surface area contributed by atoms with Crippen LogP contribution in [0.25, 0.3) is 0 Å². The van der Waals surface area contributed by atoms with Crippen molar-refractivity contribution in [3.05, 3.63) is 29.8 Å². The van der Waals surface area contributed by atoms with Gasteiger partial charge in [-0.05, 0) is 25.0 Å². The second-order valence-electron chi connectivity index (χ2n) is 7.59. The van der Waals surface area contributed by atoms with Crippen LogP contribution in [0.3, 0.4) is 0 Å². The molecule has 0 aromatic heterocycles. The van der Waals surface area contributed by atoms with Gasteiger partial charge in [-0.2, -0.15) is 0 Å². The van der Waals surface area contributed by atoms with E-state index in [1.807, 2.05) is 32.9 Å². The largest absolute Gasteiger partial charge is 0.378 e. The Morgan fingerprint density at radius 1 is 1.00 bits per heavy atom. The monoisotopic (exact) mass is 372 g/mol. The number of fused-ring (bicyclic) bond motifs is 1. The number of para-hydroxylation sites is 1. The van der Waals surface area contributed by atoms with E-state index in [9.17, 15) is 9.59 Å². The standard InChI is InChI=1S/C20H28N4O3/c1-16-14-17-4-2-3-5-18(17)24(16)19(25)15-21-6-8-22(9-7-21)20(26)23-10-12-27-13-11-23/h2-5,16H,6-15H2,1H3/t16-/m0/s1. The Labute approximate surface area is 160 Å². The summed E-state index contributed by atoms with van der Waals surface area (Å²) in [6, 6.07) is 8.48. The Bertz CT molecular complexity index is 696. The van der Waals surface area contributed by atoms with Crippen LogP contribution in [0, 0.1) is 0 Å². The first-order valence-electron chi connectivity index (χ1n) is 9.87. The van der Waals surface area contributed by atoms with Crippen LogP contribution in [0.5, 0.6) is 0 Å². The van der Waals surface area contributed by atoms with Gasteiger partial charge in [0.15, 0.2) is 0 Å². The number of nitrogens with zero attached hydrogens (tertiary/aromatic N) is 4. The molecule has 0 aliphatic carbocycles. The van der Waals surface area contributed by atoms with Gasteiger partial charge in [-0.3, -0.25) is 9.69 Å². The van der Waals surface area contributed by atoms with Crippen molar-refractivity contribution < 1.29 is 14.3 Å². The van der Waals surface area contributed by atoms with Crippen LogP contribution < -0.4 is 4.90 Å². The maximum absolute atomic E-state index is 12.9. The van der Waals surface area contributed by atoms with Crippen molar-refractivity contribution in [2.75, 3.05) is 63.9 Å². The number of carbonyl (C=O) groups excluding carboxylic acids is 2. The van der Waals surface area contributed by atoms with Crippen molar-refractivity contribution in [3.63, 3.8) is 0 Å². The molecule has 2 fully saturated rings. The maximum atomic E-state index is 12.9. The third-order valence-electron chi connectivity index (χ3n) is 5.76. The van der Waals surface area contributed by atoms with Crippen LogP contribution in [-0.2, 0) is 16.0 Å². The average Bonchev–Trinajstić information content (AvgIpc) is 3.04. The zero-order valence-corrected chi connectivity index (χ0v) is 16.0. The van der Waals surface area contributed by atoms with Crippen molar-refractivity contribution in [1.82, 2.24) is 14.7 Å². The van der Waals surface area contributed by atoms with E-state index in [0.717, 1.165) is 25.2 Å². The number of hydrogen-bond donors (Lipinski definition) is 0. The molecule has 3 amide bonds. The van der Waals surface area contributed by atoms with Crippen LogP contribution in [-0.4, -0.2) is 91.7 Å².